The highest BCUT2D eigenvalue weighted by atomic mass is 16.5. The highest BCUT2D eigenvalue weighted by Crippen LogP contribution is 2.31. The molecule has 1 heterocycles. The van der Waals surface area contributed by atoms with E-state index >= 15 is 0 Å². The molecule has 1 aliphatic rings. The number of morpholine rings is 1. The highest BCUT2D eigenvalue weighted by molar-refractivity contribution is 5.66. The molecular formula is C18H19N3O. The van der Waals surface area contributed by atoms with Crippen molar-refractivity contribution in [3.63, 3.8) is 0 Å². The first-order chi connectivity index (χ1) is 10.6. The van der Waals surface area contributed by atoms with Crippen molar-refractivity contribution >= 4 is 0 Å². The minimum absolute atomic E-state index is 0.302. The average molecular weight is 293 g/mol. The number of nitrogens with two attached hydrogens (primary N) is 1. The third kappa shape index (κ3) is 2.88. The van der Waals surface area contributed by atoms with E-state index in [0.717, 1.165) is 23.2 Å². The Labute approximate surface area is 130 Å². The summed E-state index contributed by atoms with van der Waals surface area (Å²) in [5.41, 5.74) is 9.30. The standard InChI is InChI=1S/C18H19N3O/c1-18(12-21-11-17(20)22-18)16-7-3-6-15(9-16)14-5-2-4-13(8-14)10-19/h2-9,17,21H,11-12,20H2,1H3. The van der Waals surface area contributed by atoms with E-state index in [0.29, 0.717) is 12.1 Å². The summed E-state index contributed by atoms with van der Waals surface area (Å²) in [7, 11) is 0. The van der Waals surface area contributed by atoms with E-state index in [1.165, 1.54) is 0 Å². The molecule has 2 unspecified atom stereocenters. The lowest BCUT2D eigenvalue weighted by Gasteiger charge is -2.38. The zero-order chi connectivity index (χ0) is 15.6. The van der Waals surface area contributed by atoms with Gasteiger partial charge in [-0.05, 0) is 41.8 Å². The number of nitriles is 1. The van der Waals surface area contributed by atoms with Gasteiger partial charge in [0.2, 0.25) is 0 Å². The van der Waals surface area contributed by atoms with E-state index in [1.54, 1.807) is 0 Å². The molecule has 1 fully saturated rings. The fourth-order valence-corrected chi connectivity index (χ4v) is 2.84. The van der Waals surface area contributed by atoms with Gasteiger partial charge < -0.3 is 15.8 Å². The van der Waals surface area contributed by atoms with Crippen LogP contribution in [0.25, 0.3) is 11.1 Å². The predicted molar refractivity (Wildman–Crippen MR) is 85.9 cm³/mol. The third-order valence-corrected chi connectivity index (χ3v) is 4.02. The van der Waals surface area contributed by atoms with Crippen LogP contribution in [0.15, 0.2) is 48.5 Å². The largest absolute Gasteiger partial charge is 0.350 e. The Morgan fingerprint density at radius 2 is 1.95 bits per heavy atom. The first kappa shape index (κ1) is 14.7. The van der Waals surface area contributed by atoms with Crippen molar-refractivity contribution in [3.05, 3.63) is 59.7 Å². The molecule has 112 valence electrons. The molecule has 2 aromatic carbocycles. The first-order valence-corrected chi connectivity index (χ1v) is 7.36. The molecule has 0 aromatic heterocycles. The van der Waals surface area contributed by atoms with Gasteiger partial charge in [0.25, 0.3) is 0 Å². The summed E-state index contributed by atoms with van der Waals surface area (Å²) in [6.45, 7) is 3.44. The van der Waals surface area contributed by atoms with Crippen LogP contribution in [0.3, 0.4) is 0 Å². The van der Waals surface area contributed by atoms with E-state index in [-0.39, 0.29) is 6.23 Å². The minimum Gasteiger partial charge on any atom is -0.350 e. The van der Waals surface area contributed by atoms with E-state index in [9.17, 15) is 0 Å². The molecule has 0 radical (unpaired) electrons. The smallest absolute Gasteiger partial charge is 0.119 e. The van der Waals surface area contributed by atoms with E-state index in [4.69, 9.17) is 15.7 Å². The molecule has 3 N–H and O–H groups in total. The van der Waals surface area contributed by atoms with Crippen molar-refractivity contribution < 1.29 is 4.74 Å². The number of hydrogen-bond acceptors (Lipinski definition) is 4. The molecule has 0 spiro atoms. The molecule has 4 heteroatoms. The number of benzene rings is 2. The van der Waals surface area contributed by atoms with Crippen molar-refractivity contribution in [1.82, 2.24) is 5.32 Å². The Morgan fingerprint density at radius 3 is 2.68 bits per heavy atom. The molecule has 0 bridgehead atoms. The highest BCUT2D eigenvalue weighted by Gasteiger charge is 2.33. The Morgan fingerprint density at radius 1 is 1.23 bits per heavy atom. The van der Waals surface area contributed by atoms with Gasteiger partial charge in [-0.2, -0.15) is 5.26 Å². The molecule has 1 aliphatic heterocycles. The monoisotopic (exact) mass is 293 g/mol. The van der Waals surface area contributed by atoms with E-state index in [1.807, 2.05) is 43.3 Å². The summed E-state index contributed by atoms with van der Waals surface area (Å²) in [4.78, 5) is 0. The minimum atomic E-state index is -0.444. The molecule has 2 atom stereocenters. The molecule has 0 saturated carbocycles. The third-order valence-electron chi connectivity index (χ3n) is 4.02. The van der Waals surface area contributed by atoms with Gasteiger partial charge in [-0.15, -0.1) is 0 Å². The summed E-state index contributed by atoms with van der Waals surface area (Å²) < 4.78 is 5.96. The second-order valence-corrected chi connectivity index (χ2v) is 5.79. The normalized spacial score (nSPS) is 24.7. The van der Waals surface area contributed by atoms with Crippen LogP contribution in [0, 0.1) is 11.3 Å². The number of nitrogens with zero attached hydrogens (tertiary/aromatic N) is 1. The maximum absolute atomic E-state index is 9.05. The lowest BCUT2D eigenvalue weighted by atomic mass is 9.91. The molecule has 1 saturated heterocycles. The van der Waals surface area contributed by atoms with Crippen LogP contribution in [-0.2, 0) is 10.3 Å². The lowest BCUT2D eigenvalue weighted by molar-refractivity contribution is -0.107. The molecule has 0 amide bonds. The van der Waals surface area contributed by atoms with Gasteiger partial charge in [-0.3, -0.25) is 0 Å². The first-order valence-electron chi connectivity index (χ1n) is 7.36. The topological polar surface area (TPSA) is 71.1 Å². The van der Waals surface area contributed by atoms with Crippen LogP contribution in [0.2, 0.25) is 0 Å². The molecule has 22 heavy (non-hydrogen) atoms. The molecule has 4 nitrogen and oxygen atoms in total. The predicted octanol–water partition coefficient (Wildman–Crippen LogP) is 2.35. The average Bonchev–Trinajstić information content (AvgIpc) is 2.55. The van der Waals surface area contributed by atoms with Crippen molar-refractivity contribution in [2.75, 3.05) is 13.1 Å². The van der Waals surface area contributed by atoms with E-state index in [2.05, 4.69) is 23.5 Å². The van der Waals surface area contributed by atoms with Crippen molar-refractivity contribution in [2.24, 2.45) is 5.73 Å². The number of rotatable bonds is 2. The quantitative estimate of drug-likeness (QED) is 0.891. The maximum atomic E-state index is 9.05. The van der Waals surface area contributed by atoms with E-state index < -0.39 is 5.60 Å². The van der Waals surface area contributed by atoms with Gasteiger partial charge in [-0.1, -0.05) is 30.3 Å². The maximum Gasteiger partial charge on any atom is 0.119 e. The van der Waals surface area contributed by atoms with Crippen LogP contribution in [0.5, 0.6) is 0 Å². The van der Waals surface area contributed by atoms with Crippen molar-refractivity contribution in [3.8, 4) is 17.2 Å². The van der Waals surface area contributed by atoms with Crippen LogP contribution in [0.1, 0.15) is 18.1 Å². The summed E-state index contributed by atoms with van der Waals surface area (Å²) in [5, 5.41) is 12.4. The number of hydrogen-bond donors (Lipinski definition) is 2. The number of nitrogens with one attached hydrogen (secondary N) is 1. The summed E-state index contributed by atoms with van der Waals surface area (Å²) in [5.74, 6) is 0. The van der Waals surface area contributed by atoms with Crippen LogP contribution < -0.4 is 11.1 Å². The fraction of sp³-hybridized carbons (Fsp3) is 0.278. The van der Waals surface area contributed by atoms with Gasteiger partial charge in [0, 0.05) is 13.1 Å². The molecule has 3 rings (SSSR count). The SMILES string of the molecule is CC1(c2cccc(-c3cccc(C#N)c3)c2)CNCC(N)O1. The summed E-state index contributed by atoms with van der Waals surface area (Å²) in [6, 6.07) is 18.0. The Hall–Kier alpha value is -2.19. The second kappa shape index (κ2) is 5.90. The van der Waals surface area contributed by atoms with Gasteiger partial charge in [0.15, 0.2) is 0 Å². The van der Waals surface area contributed by atoms with Crippen LogP contribution >= 0.6 is 0 Å². The second-order valence-electron chi connectivity index (χ2n) is 5.79. The molecular weight excluding hydrogens is 274 g/mol. The zero-order valence-corrected chi connectivity index (χ0v) is 12.5. The summed E-state index contributed by atoms with van der Waals surface area (Å²) >= 11 is 0. The van der Waals surface area contributed by atoms with Crippen LogP contribution in [-0.4, -0.2) is 19.3 Å². The van der Waals surface area contributed by atoms with Gasteiger partial charge in [-0.25, -0.2) is 0 Å². The Balaban J connectivity index is 1.97. The van der Waals surface area contributed by atoms with Crippen molar-refractivity contribution in [2.45, 2.75) is 18.8 Å². The molecule has 2 aromatic rings. The summed E-state index contributed by atoms with van der Waals surface area (Å²) in [6.07, 6.45) is -0.302. The molecule has 0 aliphatic carbocycles. The zero-order valence-electron chi connectivity index (χ0n) is 12.5. The Kier molecular flexibility index (Phi) is 3.95. The van der Waals surface area contributed by atoms with Gasteiger partial charge >= 0.3 is 0 Å². The van der Waals surface area contributed by atoms with Crippen molar-refractivity contribution in [1.29, 1.82) is 5.26 Å². The fourth-order valence-electron chi connectivity index (χ4n) is 2.84. The van der Waals surface area contributed by atoms with Crippen LogP contribution in [0.4, 0.5) is 0 Å². The van der Waals surface area contributed by atoms with Gasteiger partial charge in [0.05, 0.1) is 11.6 Å². The number of ether oxygens (including phenoxy) is 1. The lowest BCUT2D eigenvalue weighted by Crippen LogP contribution is -2.53. The Bertz CT molecular complexity index is 722. The van der Waals surface area contributed by atoms with Gasteiger partial charge in [0.1, 0.15) is 11.8 Å².